The number of sulfone groups is 2. The van der Waals surface area contributed by atoms with E-state index in [1.165, 1.54) is 24.3 Å². The van der Waals surface area contributed by atoms with Crippen molar-refractivity contribution >= 4 is 19.7 Å². The second-order valence-electron chi connectivity index (χ2n) is 16.2. The molecule has 0 spiro atoms. The van der Waals surface area contributed by atoms with Gasteiger partial charge in [0.05, 0.1) is 33.8 Å². The number of methoxy groups -OCH3 is 2. The molecule has 546 valence electrons. The minimum absolute atomic E-state index is 0. The summed E-state index contributed by atoms with van der Waals surface area (Å²) < 4.78 is 71.8. The summed E-state index contributed by atoms with van der Waals surface area (Å²) in [5.41, 5.74) is 2.04. The molecule has 0 fully saturated rings. The Bertz CT molecular complexity index is 3440. The van der Waals surface area contributed by atoms with E-state index in [-0.39, 0.29) is 96.5 Å². The molecule has 0 unspecified atom stereocenters. The average molecular weight is 1560 g/mol. The predicted octanol–water partition coefficient (Wildman–Crippen LogP) is 24.3. The van der Waals surface area contributed by atoms with Crippen molar-refractivity contribution in [3.63, 3.8) is 0 Å². The van der Waals surface area contributed by atoms with Gasteiger partial charge in [0, 0.05) is 88.4 Å². The molecule has 10 rings (SSSR count). The fourth-order valence-corrected chi connectivity index (χ4v) is 8.67. The third kappa shape index (κ3) is 50.1. The summed E-state index contributed by atoms with van der Waals surface area (Å²) in [5.74, 6) is 5.01. The first kappa shape index (κ1) is 109. The number of ether oxygens (including phenoxy) is 4. The molecule has 10 aromatic carbocycles. The zero-order valence-corrected chi connectivity index (χ0v) is 71.4. The van der Waals surface area contributed by atoms with Crippen LogP contribution in [-0.4, -0.2) is 51.5 Å². The molecule has 0 aliphatic heterocycles. The summed E-state index contributed by atoms with van der Waals surface area (Å²) in [6.07, 6.45) is 0. The smallest absolute Gasteiger partial charge is 0.206 e. The van der Waals surface area contributed by atoms with Gasteiger partial charge >= 0.3 is 0 Å². The zero-order valence-electron chi connectivity index (χ0n) is 64.1. The monoisotopic (exact) mass is 1560 g/mol. The summed E-state index contributed by atoms with van der Waals surface area (Å²) >= 11 is 0. The van der Waals surface area contributed by atoms with Crippen LogP contribution in [0, 0.1) is 38.1 Å². The van der Waals surface area contributed by atoms with Gasteiger partial charge in [0.25, 0.3) is 0 Å². The average Bonchev–Trinajstić information content (AvgIpc) is 0.813. The summed E-state index contributed by atoms with van der Waals surface area (Å²) in [4.78, 5) is 1.05. The second-order valence-corrected chi connectivity index (χ2v) is 20.1. The maximum absolute atomic E-state index is 12.6. The largest absolute Gasteiger partial charge is 0.533 e. The van der Waals surface area contributed by atoms with Crippen molar-refractivity contribution in [3.8, 4) is 57.5 Å². The van der Waals surface area contributed by atoms with Gasteiger partial charge in [-0.25, -0.2) is 16.8 Å². The molecule has 0 amide bonds. The normalized spacial score (nSPS) is 8.56. The molecule has 12 nitrogen and oxygen atoms in total. The van der Waals surface area contributed by atoms with Crippen LogP contribution in [0.3, 0.4) is 0 Å². The molecule has 0 atom stereocenters. The quantitative estimate of drug-likeness (QED) is 0.0751. The second kappa shape index (κ2) is 74.4. The molecule has 100 heavy (non-hydrogen) atoms. The maximum Gasteiger partial charge on any atom is 0.206 e. The molecular formula is C84H116O12S2Y2-4. The van der Waals surface area contributed by atoms with E-state index in [9.17, 15) is 16.8 Å². The van der Waals surface area contributed by atoms with Gasteiger partial charge in [-0.05, 0) is 135 Å². The number of hydrogen-bond acceptors (Lipinski definition) is 12. The van der Waals surface area contributed by atoms with Gasteiger partial charge in [-0.2, -0.15) is 72.8 Å². The van der Waals surface area contributed by atoms with E-state index in [2.05, 4.69) is 24.3 Å². The van der Waals surface area contributed by atoms with E-state index in [1.54, 1.807) is 208 Å². The number of aromatic hydroxyl groups is 4. The van der Waals surface area contributed by atoms with Gasteiger partial charge < -0.3 is 39.4 Å². The third-order valence-corrected chi connectivity index (χ3v) is 13.9. The molecule has 0 bridgehead atoms. The van der Waals surface area contributed by atoms with Gasteiger partial charge in [0.1, 0.15) is 34.5 Å². The molecule has 0 heterocycles. The van der Waals surface area contributed by atoms with Crippen molar-refractivity contribution < 1.29 is 122 Å². The Morgan fingerprint density at radius 2 is 0.400 bits per heavy atom. The number of phenols is 4. The first-order valence-corrected chi connectivity index (χ1v) is 36.6. The molecule has 2 radical (unpaired) electrons. The van der Waals surface area contributed by atoms with E-state index in [1.807, 2.05) is 177 Å². The standard InChI is InChI=1S/C20H18O4S.C19H15O3S.C7H7O.C6H6O2.2C6H5O.10C2H6.2Y/c1-15-3-11-19(12-4-15)25(21,22)20-13-9-18(10-14-20)24-17-7-5-16(23-2)6-8-17;1-15-7-11-18(12-8-15)23(20,21)19-13-9-17(10-14-19)22-16-5-3-2-4-6-16;1-8-7-5-3-2-4-6-7;7-5-1-2-6(8)4-3-5;2*7-6-4-2-1-3-5-6;10*1-2;;/h3-14H,1-2H3;3-14H,1H3;3-6H,1H3;1-4,7-8H;2*2-5,7H;10*1-2H3;;/q;2*-1;;2*-1;;;;;;;;;;;;. The number of phenolic OH excluding ortho intramolecular Hbond substituents is 4. The van der Waals surface area contributed by atoms with E-state index < -0.39 is 19.7 Å². The minimum atomic E-state index is -3.53. The van der Waals surface area contributed by atoms with Crippen LogP contribution in [0.1, 0.15) is 150 Å². The molecular weight excluding hydrogens is 1440 g/mol. The fourth-order valence-electron chi connectivity index (χ4n) is 6.15. The number of benzene rings is 10. The molecule has 0 aliphatic rings. The molecule has 10 aromatic rings. The molecule has 0 aliphatic carbocycles. The number of rotatable bonds is 10. The van der Waals surface area contributed by atoms with Crippen LogP contribution in [0.4, 0.5) is 0 Å². The van der Waals surface area contributed by atoms with Crippen molar-refractivity contribution in [1.29, 1.82) is 0 Å². The Kier molecular flexibility index (Phi) is 80.8. The summed E-state index contributed by atoms with van der Waals surface area (Å²) in [5, 5.41) is 34.5. The van der Waals surface area contributed by atoms with Gasteiger partial charge in [-0.1, -0.05) is 174 Å². The molecule has 0 saturated heterocycles. The van der Waals surface area contributed by atoms with Crippen molar-refractivity contribution in [2.45, 2.75) is 172 Å². The van der Waals surface area contributed by atoms with Crippen molar-refractivity contribution in [2.24, 2.45) is 0 Å². The third-order valence-electron chi connectivity index (χ3n) is 10.3. The van der Waals surface area contributed by atoms with E-state index in [0.29, 0.717) is 34.5 Å². The zero-order chi connectivity index (χ0) is 76.2. The van der Waals surface area contributed by atoms with Crippen LogP contribution in [0.15, 0.2) is 262 Å². The van der Waals surface area contributed by atoms with Crippen molar-refractivity contribution in [1.82, 2.24) is 0 Å². The maximum atomic E-state index is 12.6. The number of hydrogen-bond donors (Lipinski definition) is 4. The minimum Gasteiger partial charge on any atom is -0.533 e. The summed E-state index contributed by atoms with van der Waals surface area (Å²) in [7, 11) is -3.78. The van der Waals surface area contributed by atoms with E-state index >= 15 is 0 Å². The molecule has 0 saturated carbocycles. The van der Waals surface area contributed by atoms with Crippen LogP contribution >= 0.6 is 0 Å². The van der Waals surface area contributed by atoms with Crippen LogP contribution in [0.5, 0.6) is 57.5 Å². The number of aryl methyl sites for hydroxylation is 2. The van der Waals surface area contributed by atoms with Crippen LogP contribution in [0.2, 0.25) is 0 Å². The van der Waals surface area contributed by atoms with E-state index in [4.69, 9.17) is 39.4 Å². The molecule has 16 heteroatoms. The predicted molar refractivity (Wildman–Crippen MR) is 414 cm³/mol. The summed E-state index contributed by atoms with van der Waals surface area (Å²) in [6, 6.07) is 78.1. The Hall–Kier alpha value is -7.29. The first-order chi connectivity index (χ1) is 47.5. The Morgan fingerprint density at radius 3 is 0.600 bits per heavy atom. The Balaban J connectivity index is -0.000000170. The van der Waals surface area contributed by atoms with Crippen LogP contribution in [-0.2, 0) is 85.1 Å². The van der Waals surface area contributed by atoms with Gasteiger partial charge in [-0.3, -0.25) is 0 Å². The van der Waals surface area contributed by atoms with Crippen molar-refractivity contribution in [2.75, 3.05) is 14.2 Å². The SMILES string of the molecule is CC.CC.CC.CC.CC.CC.CC.CC.CC.CC.COc1cc[c-]cc1.COc1ccc(Oc2ccc(S(=O)(=O)c3ccc(C)cc3)cc2)cc1.Cc1ccc(S(=O)(=O)c2ccc(Oc3cc[c-]cc3)cc2)cc1.Oc1cc[c-]cc1.Oc1cc[c-]cc1.Oc1ccc(O)cc1.[Y].[Y]. The fraction of sp³-hybridized carbons (Fsp3) is 0.286. The van der Waals surface area contributed by atoms with Gasteiger partial charge in [0.15, 0.2) is 0 Å². The summed E-state index contributed by atoms with van der Waals surface area (Å²) in [6.45, 7) is 43.8. The van der Waals surface area contributed by atoms with Gasteiger partial charge in [0.2, 0.25) is 19.7 Å². The van der Waals surface area contributed by atoms with E-state index in [0.717, 1.165) is 22.6 Å². The Labute approximate surface area is 656 Å². The van der Waals surface area contributed by atoms with Crippen LogP contribution in [0.25, 0.3) is 0 Å². The van der Waals surface area contributed by atoms with Gasteiger partial charge in [-0.15, -0.1) is 48.5 Å². The van der Waals surface area contributed by atoms with Crippen LogP contribution < -0.4 is 18.9 Å². The first-order valence-electron chi connectivity index (χ1n) is 33.6. The molecule has 0 aromatic heterocycles. The molecule has 4 N–H and O–H groups in total. The van der Waals surface area contributed by atoms with Crippen molar-refractivity contribution in [3.05, 3.63) is 278 Å². The Morgan fingerprint density at radius 1 is 0.240 bits per heavy atom. The topological polar surface area (TPSA) is 186 Å².